The number of fused-ring (bicyclic) bond motifs is 1. The second-order valence-corrected chi connectivity index (χ2v) is 9.06. The van der Waals surface area contributed by atoms with Gasteiger partial charge in [0.2, 0.25) is 5.17 Å². The molecule has 0 fully saturated rings. The van der Waals surface area contributed by atoms with Crippen molar-refractivity contribution in [1.82, 2.24) is 9.58 Å². The fourth-order valence-electron chi connectivity index (χ4n) is 4.05. The van der Waals surface area contributed by atoms with Crippen LogP contribution in [0.25, 0.3) is 11.8 Å². The maximum absolute atomic E-state index is 12.8. The van der Waals surface area contributed by atoms with Crippen molar-refractivity contribution >= 4 is 39.8 Å². The minimum atomic E-state index is -0.382. The minimum Gasteiger partial charge on any atom is -0.317 e. The van der Waals surface area contributed by atoms with Crippen molar-refractivity contribution in [2.24, 2.45) is 10.1 Å². The molecule has 160 valence electrons. The number of thioether (sulfide) groups is 1. The van der Waals surface area contributed by atoms with E-state index in [-0.39, 0.29) is 17.3 Å². The van der Waals surface area contributed by atoms with Crippen molar-refractivity contribution in [2.75, 3.05) is 0 Å². The number of benzene rings is 1. The summed E-state index contributed by atoms with van der Waals surface area (Å²) in [5.74, 6) is -0.293. The van der Waals surface area contributed by atoms with Gasteiger partial charge in [-0.3, -0.25) is 10.2 Å². The van der Waals surface area contributed by atoms with Crippen molar-refractivity contribution in [2.45, 2.75) is 53.9 Å². The van der Waals surface area contributed by atoms with Crippen LogP contribution in [0.4, 0.5) is 0 Å². The Morgan fingerprint density at radius 3 is 2.55 bits per heavy atom. The van der Waals surface area contributed by atoms with Gasteiger partial charge in [-0.2, -0.15) is 15.1 Å². The van der Waals surface area contributed by atoms with E-state index in [1.807, 2.05) is 6.92 Å². The summed E-state index contributed by atoms with van der Waals surface area (Å²) >= 11 is 1.39. The highest BCUT2D eigenvalue weighted by atomic mass is 32.2. The van der Waals surface area contributed by atoms with Crippen LogP contribution in [0, 0.1) is 33.1 Å². The molecule has 1 amide bonds. The maximum atomic E-state index is 12.8. The Morgan fingerprint density at radius 2 is 1.87 bits per heavy atom. The molecule has 3 heterocycles. The number of hydrogen-bond donors (Lipinski definition) is 1. The number of nitrogens with zero attached hydrogens (tertiary/aromatic N) is 4. The average Bonchev–Trinajstić information content (AvgIpc) is 3.25. The van der Waals surface area contributed by atoms with Crippen LogP contribution in [0.1, 0.15) is 54.3 Å². The van der Waals surface area contributed by atoms with Crippen molar-refractivity contribution in [3.05, 3.63) is 57.9 Å². The summed E-state index contributed by atoms with van der Waals surface area (Å²) in [5, 5.41) is 16.0. The first-order valence-electron chi connectivity index (χ1n) is 10.6. The lowest BCUT2D eigenvalue weighted by molar-refractivity contribution is -0.114. The number of amides is 1. The molecule has 7 heteroatoms. The highest BCUT2D eigenvalue weighted by molar-refractivity contribution is 8.26. The summed E-state index contributed by atoms with van der Waals surface area (Å²) in [5.41, 5.74) is 6.84. The molecule has 31 heavy (non-hydrogen) atoms. The van der Waals surface area contributed by atoms with Gasteiger partial charge in [-0.15, -0.1) is 0 Å². The van der Waals surface area contributed by atoms with E-state index >= 15 is 0 Å². The second kappa shape index (κ2) is 8.30. The molecule has 2 aliphatic rings. The molecule has 0 aliphatic carbocycles. The van der Waals surface area contributed by atoms with Crippen LogP contribution in [0.15, 0.2) is 39.9 Å². The third-order valence-electron chi connectivity index (χ3n) is 5.67. The molecule has 0 saturated carbocycles. The van der Waals surface area contributed by atoms with Crippen LogP contribution in [0.5, 0.6) is 0 Å². The summed E-state index contributed by atoms with van der Waals surface area (Å²) < 4.78 is 2.22. The van der Waals surface area contributed by atoms with E-state index in [1.54, 1.807) is 6.08 Å². The Morgan fingerprint density at radius 1 is 1.16 bits per heavy atom. The largest absolute Gasteiger partial charge is 0.317 e. The number of carbonyl (C=O) groups excluding carboxylic acids is 1. The fraction of sp³-hybridized carbons (Fsp3) is 0.333. The zero-order valence-corrected chi connectivity index (χ0v) is 19.4. The van der Waals surface area contributed by atoms with Crippen LogP contribution in [-0.2, 0) is 4.79 Å². The van der Waals surface area contributed by atoms with Crippen LogP contribution < -0.4 is 0 Å². The molecular weight excluding hydrogens is 406 g/mol. The molecule has 0 bridgehead atoms. The molecule has 4 rings (SSSR count). The second-order valence-electron chi connectivity index (χ2n) is 8.02. The third-order valence-corrected chi connectivity index (χ3v) is 6.64. The topological polar surface area (TPSA) is 73.8 Å². The maximum Gasteiger partial charge on any atom is 0.283 e. The summed E-state index contributed by atoms with van der Waals surface area (Å²) in [6.07, 6.45) is 4.72. The number of hydrogen-bond acceptors (Lipinski definition) is 4. The molecule has 2 aromatic rings. The smallest absolute Gasteiger partial charge is 0.283 e. The molecule has 2 aliphatic heterocycles. The molecule has 1 aromatic carbocycles. The van der Waals surface area contributed by atoms with Gasteiger partial charge in [0.25, 0.3) is 5.91 Å². The van der Waals surface area contributed by atoms with Crippen LogP contribution in [-0.4, -0.2) is 31.5 Å². The van der Waals surface area contributed by atoms with E-state index in [1.165, 1.54) is 27.9 Å². The Kier molecular flexibility index (Phi) is 5.71. The van der Waals surface area contributed by atoms with Crippen molar-refractivity contribution in [3.8, 4) is 5.69 Å². The van der Waals surface area contributed by atoms with Crippen LogP contribution in [0.3, 0.4) is 0 Å². The molecule has 0 radical (unpaired) electrons. The standard InChI is InChI=1S/C24H27N5OS/c1-6-7-11-20-27-29-22(25)19(23(30)26-24(29)31-20)13-18-12-16(4)28(17(18)5)21-14(2)9-8-10-15(21)3/h8-10,12-13,25H,6-7,11H2,1-5H3/b19-13+,25-22?. The van der Waals surface area contributed by atoms with Gasteiger partial charge in [0.15, 0.2) is 5.84 Å². The van der Waals surface area contributed by atoms with Gasteiger partial charge in [0.1, 0.15) is 5.04 Å². The van der Waals surface area contributed by atoms with Crippen molar-refractivity contribution in [1.29, 1.82) is 5.41 Å². The van der Waals surface area contributed by atoms with E-state index in [0.717, 1.165) is 46.9 Å². The highest BCUT2D eigenvalue weighted by Gasteiger charge is 2.35. The Labute approximate surface area is 187 Å². The van der Waals surface area contributed by atoms with Crippen molar-refractivity contribution < 1.29 is 4.79 Å². The van der Waals surface area contributed by atoms with Gasteiger partial charge < -0.3 is 4.57 Å². The molecule has 1 N–H and O–H groups in total. The first kappa shape index (κ1) is 21.3. The summed E-state index contributed by atoms with van der Waals surface area (Å²) in [4.78, 5) is 17.0. The monoisotopic (exact) mass is 433 g/mol. The zero-order valence-electron chi connectivity index (χ0n) is 18.6. The van der Waals surface area contributed by atoms with E-state index < -0.39 is 0 Å². The molecular formula is C24H27N5OS. The number of aliphatic imine (C=N–C) groups is 1. The predicted octanol–water partition coefficient (Wildman–Crippen LogP) is 5.52. The highest BCUT2D eigenvalue weighted by Crippen LogP contribution is 2.32. The van der Waals surface area contributed by atoms with E-state index in [4.69, 9.17) is 5.41 Å². The van der Waals surface area contributed by atoms with Gasteiger partial charge in [-0.25, -0.2) is 0 Å². The molecule has 6 nitrogen and oxygen atoms in total. The summed E-state index contributed by atoms with van der Waals surface area (Å²) in [7, 11) is 0. The average molecular weight is 434 g/mol. The Bertz CT molecular complexity index is 1160. The number of carbonyl (C=O) groups is 1. The minimum absolute atomic E-state index is 0.0888. The zero-order chi connectivity index (χ0) is 22.3. The lowest BCUT2D eigenvalue weighted by Crippen LogP contribution is -2.35. The van der Waals surface area contributed by atoms with Crippen molar-refractivity contribution in [3.63, 3.8) is 0 Å². The molecule has 1 aromatic heterocycles. The quantitative estimate of drug-likeness (QED) is 0.631. The molecule has 0 saturated heterocycles. The van der Waals surface area contributed by atoms with Crippen LogP contribution in [0.2, 0.25) is 0 Å². The lowest BCUT2D eigenvalue weighted by Gasteiger charge is -2.20. The van der Waals surface area contributed by atoms with Gasteiger partial charge >= 0.3 is 0 Å². The molecule has 0 unspecified atom stereocenters. The predicted molar refractivity (Wildman–Crippen MR) is 129 cm³/mol. The first-order chi connectivity index (χ1) is 14.8. The number of hydrazone groups is 1. The van der Waals surface area contributed by atoms with Gasteiger partial charge in [-0.05, 0) is 81.1 Å². The number of unbranched alkanes of at least 4 members (excludes halogenated alkanes) is 1. The normalized spacial score (nSPS) is 17.3. The number of amidine groups is 2. The summed E-state index contributed by atoms with van der Waals surface area (Å²) in [6, 6.07) is 8.33. The molecule has 0 atom stereocenters. The van der Waals surface area contributed by atoms with Gasteiger partial charge in [-0.1, -0.05) is 31.5 Å². The number of para-hydroxylation sites is 1. The summed E-state index contributed by atoms with van der Waals surface area (Å²) in [6.45, 7) is 10.5. The Balaban J connectivity index is 1.73. The lowest BCUT2D eigenvalue weighted by atomic mass is 10.1. The fourth-order valence-corrected chi connectivity index (χ4v) is 4.98. The Hall–Kier alpha value is -2.93. The van der Waals surface area contributed by atoms with E-state index in [2.05, 4.69) is 66.6 Å². The number of nitrogens with one attached hydrogen (secondary N) is 1. The number of aromatic nitrogens is 1. The number of aryl methyl sites for hydroxylation is 3. The van der Waals surface area contributed by atoms with Gasteiger partial charge in [0.05, 0.1) is 11.3 Å². The SMILES string of the molecule is CCCCC1=NN2C(=N)/C(=C\c3cc(C)n(-c4c(C)cccc4C)c3C)C(=O)N=C2S1. The first-order valence-corrected chi connectivity index (χ1v) is 11.4. The molecule has 0 spiro atoms. The van der Waals surface area contributed by atoms with Gasteiger partial charge in [0, 0.05) is 11.4 Å². The van der Waals surface area contributed by atoms with E-state index in [0.29, 0.717) is 5.17 Å². The van der Waals surface area contributed by atoms with Crippen LogP contribution >= 0.6 is 11.8 Å². The third kappa shape index (κ3) is 3.78. The number of rotatable bonds is 5. The van der Waals surface area contributed by atoms with E-state index in [9.17, 15) is 4.79 Å².